The van der Waals surface area contributed by atoms with E-state index in [4.69, 9.17) is 14.5 Å². The van der Waals surface area contributed by atoms with Gasteiger partial charge in [-0.2, -0.15) is 0 Å². The van der Waals surface area contributed by atoms with E-state index in [9.17, 15) is 0 Å². The van der Waals surface area contributed by atoms with Gasteiger partial charge >= 0.3 is 0 Å². The number of hydrogen-bond donors (Lipinski definition) is 1. The molecule has 0 aliphatic rings. The van der Waals surface area contributed by atoms with Crippen LogP contribution in [-0.4, -0.2) is 51.5 Å². The molecule has 0 atom stereocenters. The molecule has 21 heavy (non-hydrogen) atoms. The maximum Gasteiger partial charge on any atom is 0.185 e. The lowest BCUT2D eigenvalue weighted by molar-refractivity contribution is 0.0846. The van der Waals surface area contributed by atoms with Gasteiger partial charge in [-0.3, -0.25) is 0 Å². The Kier molecular flexibility index (Phi) is 8.84. The molecule has 5 nitrogen and oxygen atoms in total. The summed E-state index contributed by atoms with van der Waals surface area (Å²) < 4.78 is 10.6. The number of ether oxygens (including phenoxy) is 2. The van der Waals surface area contributed by atoms with Crippen LogP contribution in [0.25, 0.3) is 0 Å². The predicted molar refractivity (Wildman–Crippen MR) is 89.4 cm³/mol. The second-order valence-corrected chi connectivity index (χ2v) is 6.29. The van der Waals surface area contributed by atoms with Crippen molar-refractivity contribution in [1.82, 2.24) is 10.3 Å². The summed E-state index contributed by atoms with van der Waals surface area (Å²) in [5.74, 6) is 0. The maximum absolute atomic E-state index is 5.60. The van der Waals surface area contributed by atoms with E-state index in [0.29, 0.717) is 0 Å². The number of methoxy groups -OCH3 is 1. The summed E-state index contributed by atoms with van der Waals surface area (Å²) in [7, 11) is 3.79. The van der Waals surface area contributed by atoms with Crippen molar-refractivity contribution in [1.29, 1.82) is 0 Å². The fraction of sp³-hybridized carbons (Fsp3) is 0.800. The van der Waals surface area contributed by atoms with Crippen LogP contribution in [0, 0.1) is 0 Å². The first kappa shape index (κ1) is 18.4. The maximum atomic E-state index is 5.60. The third kappa shape index (κ3) is 6.74. The minimum atomic E-state index is 0.279. The Bertz CT molecular complexity index is 396. The molecule has 0 unspecified atom stereocenters. The van der Waals surface area contributed by atoms with Crippen molar-refractivity contribution < 1.29 is 9.47 Å². The third-order valence-corrected chi connectivity index (χ3v) is 4.29. The summed E-state index contributed by atoms with van der Waals surface area (Å²) in [5.41, 5.74) is 1.19. The Morgan fingerprint density at radius 3 is 2.71 bits per heavy atom. The first-order valence-electron chi connectivity index (χ1n) is 7.59. The highest BCUT2D eigenvalue weighted by atomic mass is 32.1. The van der Waals surface area contributed by atoms with E-state index in [2.05, 4.69) is 38.0 Å². The van der Waals surface area contributed by atoms with E-state index < -0.39 is 0 Å². The topological polar surface area (TPSA) is 46.6 Å². The summed E-state index contributed by atoms with van der Waals surface area (Å²) in [6.45, 7) is 10.3. The van der Waals surface area contributed by atoms with E-state index in [0.717, 1.165) is 44.4 Å². The van der Waals surface area contributed by atoms with Crippen LogP contribution >= 0.6 is 11.3 Å². The number of aromatic nitrogens is 1. The Balaban J connectivity index is 2.52. The molecule has 0 saturated heterocycles. The molecule has 1 rings (SSSR count). The zero-order chi connectivity index (χ0) is 15.7. The minimum Gasteiger partial charge on any atom is -0.383 e. The number of hydrogen-bond acceptors (Lipinski definition) is 6. The van der Waals surface area contributed by atoms with Gasteiger partial charge < -0.3 is 19.7 Å². The lowest BCUT2D eigenvalue weighted by atomic mass is 10.3. The molecule has 0 radical (unpaired) electrons. The Morgan fingerprint density at radius 2 is 2.10 bits per heavy atom. The Labute approximate surface area is 132 Å². The number of thiazole rings is 1. The van der Waals surface area contributed by atoms with Crippen molar-refractivity contribution >= 4 is 16.5 Å². The smallest absolute Gasteiger partial charge is 0.185 e. The van der Waals surface area contributed by atoms with Crippen molar-refractivity contribution in [3.05, 3.63) is 10.6 Å². The van der Waals surface area contributed by atoms with E-state index in [1.54, 1.807) is 18.4 Å². The van der Waals surface area contributed by atoms with Crippen molar-refractivity contribution in [3.63, 3.8) is 0 Å². The van der Waals surface area contributed by atoms with Gasteiger partial charge in [0.1, 0.15) is 0 Å². The van der Waals surface area contributed by atoms with E-state index in [-0.39, 0.29) is 6.10 Å². The fourth-order valence-corrected chi connectivity index (χ4v) is 2.95. The zero-order valence-electron chi connectivity index (χ0n) is 13.9. The van der Waals surface area contributed by atoms with Crippen LogP contribution in [0.4, 0.5) is 5.13 Å². The molecule has 0 spiro atoms. The minimum absolute atomic E-state index is 0.279. The van der Waals surface area contributed by atoms with Crippen LogP contribution in [0.3, 0.4) is 0 Å². The number of anilines is 1. The molecule has 1 aromatic heterocycles. The number of likely N-dealkylation sites (N-methyl/N-ethyl adjacent to an activating group) is 1. The van der Waals surface area contributed by atoms with Crippen molar-refractivity contribution in [3.8, 4) is 0 Å². The van der Waals surface area contributed by atoms with Crippen molar-refractivity contribution in [2.45, 2.75) is 39.8 Å². The molecule has 1 heterocycles. The van der Waals surface area contributed by atoms with Crippen LogP contribution in [0.1, 0.15) is 31.3 Å². The summed E-state index contributed by atoms with van der Waals surface area (Å²) in [6.07, 6.45) is 1.25. The van der Waals surface area contributed by atoms with Gasteiger partial charge in [0.25, 0.3) is 0 Å². The van der Waals surface area contributed by atoms with Gasteiger partial charge in [0, 0.05) is 38.7 Å². The molecule has 0 aromatic carbocycles. The van der Waals surface area contributed by atoms with Crippen LogP contribution < -0.4 is 10.2 Å². The zero-order valence-corrected chi connectivity index (χ0v) is 14.8. The number of nitrogens with one attached hydrogen (secondary N) is 1. The highest BCUT2D eigenvalue weighted by molar-refractivity contribution is 7.15. The first-order chi connectivity index (χ1) is 10.1. The van der Waals surface area contributed by atoms with Crippen LogP contribution in [0.15, 0.2) is 0 Å². The average Bonchev–Trinajstić information content (AvgIpc) is 2.86. The molecular formula is C15H29N3O2S. The predicted octanol–water partition coefficient (Wildman–Crippen LogP) is 2.30. The van der Waals surface area contributed by atoms with E-state index in [1.165, 1.54) is 10.6 Å². The van der Waals surface area contributed by atoms with Gasteiger partial charge in [-0.15, -0.1) is 11.3 Å². The van der Waals surface area contributed by atoms with Gasteiger partial charge in [0.2, 0.25) is 0 Å². The number of nitrogens with zero attached hydrogens (tertiary/aromatic N) is 2. The molecule has 0 aliphatic heterocycles. The van der Waals surface area contributed by atoms with Gasteiger partial charge in [-0.1, -0.05) is 6.92 Å². The molecule has 0 aliphatic carbocycles. The van der Waals surface area contributed by atoms with Gasteiger partial charge in [0.05, 0.1) is 25.0 Å². The average molecular weight is 315 g/mol. The largest absolute Gasteiger partial charge is 0.383 e. The molecule has 0 bridgehead atoms. The fourth-order valence-electron chi connectivity index (χ4n) is 1.84. The standard InChI is InChI=1S/C15H29N3O2S/c1-6-13-14(11-16-7-9-19-5)21-15(17-13)18(4)8-10-20-12(2)3/h12,16H,6-11H2,1-5H3. The molecular weight excluding hydrogens is 286 g/mol. The van der Waals surface area contributed by atoms with E-state index >= 15 is 0 Å². The lowest BCUT2D eigenvalue weighted by Crippen LogP contribution is -2.23. The molecule has 1 aromatic rings. The van der Waals surface area contributed by atoms with Crippen LogP contribution in [-0.2, 0) is 22.4 Å². The molecule has 0 fully saturated rings. The molecule has 0 amide bonds. The monoisotopic (exact) mass is 315 g/mol. The third-order valence-electron chi connectivity index (χ3n) is 3.07. The normalized spacial score (nSPS) is 11.3. The second kappa shape index (κ2) is 10.1. The molecule has 1 N–H and O–H groups in total. The molecule has 122 valence electrons. The first-order valence-corrected chi connectivity index (χ1v) is 8.41. The lowest BCUT2D eigenvalue weighted by Gasteiger charge is -2.16. The molecule has 0 saturated carbocycles. The quantitative estimate of drug-likeness (QED) is 0.635. The SMILES string of the molecule is CCc1nc(N(C)CCOC(C)C)sc1CNCCOC. The van der Waals surface area contributed by atoms with Gasteiger partial charge in [-0.25, -0.2) is 4.98 Å². The summed E-state index contributed by atoms with van der Waals surface area (Å²) >= 11 is 1.76. The Hall–Kier alpha value is -0.690. The van der Waals surface area contributed by atoms with E-state index in [1.807, 2.05) is 0 Å². The molecule has 6 heteroatoms. The summed E-state index contributed by atoms with van der Waals surface area (Å²) in [5, 5.41) is 4.46. The second-order valence-electron chi connectivity index (χ2n) is 5.23. The highest BCUT2D eigenvalue weighted by Crippen LogP contribution is 2.26. The summed E-state index contributed by atoms with van der Waals surface area (Å²) in [4.78, 5) is 8.23. The van der Waals surface area contributed by atoms with Crippen molar-refractivity contribution in [2.24, 2.45) is 0 Å². The van der Waals surface area contributed by atoms with Gasteiger partial charge in [0.15, 0.2) is 5.13 Å². The highest BCUT2D eigenvalue weighted by Gasteiger charge is 2.12. The van der Waals surface area contributed by atoms with Crippen LogP contribution in [0.2, 0.25) is 0 Å². The number of aryl methyl sites for hydroxylation is 1. The number of rotatable bonds is 11. The van der Waals surface area contributed by atoms with Crippen molar-refractivity contribution in [2.75, 3.05) is 45.4 Å². The van der Waals surface area contributed by atoms with Crippen LogP contribution in [0.5, 0.6) is 0 Å². The van der Waals surface area contributed by atoms with Gasteiger partial charge in [-0.05, 0) is 20.3 Å². The Morgan fingerprint density at radius 1 is 1.33 bits per heavy atom. The summed E-state index contributed by atoms with van der Waals surface area (Å²) in [6, 6.07) is 0.